The molecule has 0 bridgehead atoms. The fraction of sp³-hybridized carbons (Fsp3) is 0.583. The molecule has 1 saturated carbocycles. The Morgan fingerprint density at radius 1 is 1.53 bits per heavy atom. The van der Waals surface area contributed by atoms with E-state index in [4.69, 9.17) is 11.1 Å². The van der Waals surface area contributed by atoms with E-state index < -0.39 is 0 Å². The summed E-state index contributed by atoms with van der Waals surface area (Å²) in [7, 11) is 0. The van der Waals surface area contributed by atoms with Gasteiger partial charge in [-0.15, -0.1) is 0 Å². The molecule has 1 fully saturated rings. The number of anilines is 1. The third-order valence-electron chi connectivity index (χ3n) is 2.96. The van der Waals surface area contributed by atoms with Gasteiger partial charge in [-0.1, -0.05) is 0 Å². The molecular formula is C12H19N5. The molecular weight excluding hydrogens is 214 g/mol. The number of rotatable bonds is 5. The van der Waals surface area contributed by atoms with Gasteiger partial charge < -0.3 is 10.6 Å². The molecule has 1 heterocycles. The average molecular weight is 233 g/mol. The second-order valence-corrected chi connectivity index (χ2v) is 4.59. The number of aromatic nitrogens is 2. The summed E-state index contributed by atoms with van der Waals surface area (Å²) < 4.78 is 0. The van der Waals surface area contributed by atoms with Crippen molar-refractivity contribution in [3.05, 3.63) is 17.5 Å². The number of nitrogens with two attached hydrogens (primary N) is 1. The number of hydrogen-bond donors (Lipinski definition) is 2. The highest BCUT2D eigenvalue weighted by Crippen LogP contribution is 2.30. The molecule has 0 radical (unpaired) electrons. The molecule has 1 aliphatic carbocycles. The van der Waals surface area contributed by atoms with Crippen LogP contribution in [-0.2, 0) is 0 Å². The Morgan fingerprint density at radius 2 is 2.24 bits per heavy atom. The highest BCUT2D eigenvalue weighted by atomic mass is 15.3. The third kappa shape index (κ3) is 2.93. The second kappa shape index (κ2) is 4.69. The Kier molecular flexibility index (Phi) is 3.26. The average Bonchev–Trinajstić information content (AvgIpc) is 3.08. The van der Waals surface area contributed by atoms with Crippen LogP contribution in [0.4, 0.5) is 5.95 Å². The molecule has 5 nitrogen and oxygen atoms in total. The van der Waals surface area contributed by atoms with E-state index in [0.29, 0.717) is 11.6 Å². The lowest BCUT2D eigenvalue weighted by Gasteiger charge is -2.21. The molecule has 2 rings (SSSR count). The Labute approximate surface area is 102 Å². The van der Waals surface area contributed by atoms with Crippen LogP contribution < -0.4 is 10.6 Å². The maximum Gasteiger partial charge on any atom is 0.226 e. The Bertz CT molecular complexity index is 425. The lowest BCUT2D eigenvalue weighted by molar-refractivity contribution is 0.717. The quantitative estimate of drug-likeness (QED) is 0.593. The normalized spacial score (nSPS) is 14.7. The summed E-state index contributed by atoms with van der Waals surface area (Å²) in [6.07, 6.45) is 2.61. The molecule has 0 atom stereocenters. The number of amidine groups is 1. The molecule has 17 heavy (non-hydrogen) atoms. The van der Waals surface area contributed by atoms with Crippen molar-refractivity contribution in [3.63, 3.8) is 0 Å². The molecule has 1 aromatic rings. The van der Waals surface area contributed by atoms with Gasteiger partial charge in [0.05, 0.1) is 0 Å². The van der Waals surface area contributed by atoms with Crippen LogP contribution in [0.25, 0.3) is 0 Å². The van der Waals surface area contributed by atoms with Crippen molar-refractivity contribution in [2.24, 2.45) is 11.7 Å². The summed E-state index contributed by atoms with van der Waals surface area (Å²) >= 11 is 0. The van der Waals surface area contributed by atoms with Gasteiger partial charge in [0, 0.05) is 18.8 Å². The van der Waals surface area contributed by atoms with E-state index in [2.05, 4.69) is 21.8 Å². The molecule has 0 aliphatic heterocycles. The van der Waals surface area contributed by atoms with E-state index in [9.17, 15) is 0 Å². The van der Waals surface area contributed by atoms with E-state index >= 15 is 0 Å². The van der Waals surface area contributed by atoms with E-state index in [1.807, 2.05) is 6.92 Å². The zero-order valence-electron chi connectivity index (χ0n) is 10.4. The van der Waals surface area contributed by atoms with Crippen molar-refractivity contribution in [2.75, 3.05) is 18.0 Å². The molecule has 1 aromatic heterocycles. The van der Waals surface area contributed by atoms with Gasteiger partial charge in [-0.05, 0) is 38.7 Å². The first-order valence-corrected chi connectivity index (χ1v) is 6.05. The van der Waals surface area contributed by atoms with Crippen LogP contribution in [0, 0.1) is 18.3 Å². The zero-order valence-corrected chi connectivity index (χ0v) is 10.4. The van der Waals surface area contributed by atoms with Gasteiger partial charge in [-0.2, -0.15) is 0 Å². The van der Waals surface area contributed by atoms with Gasteiger partial charge in [0.25, 0.3) is 0 Å². The maximum absolute atomic E-state index is 7.45. The van der Waals surface area contributed by atoms with Crippen molar-refractivity contribution in [2.45, 2.75) is 26.7 Å². The predicted octanol–water partition coefficient (Wildman–Crippen LogP) is 1.31. The van der Waals surface area contributed by atoms with Crippen LogP contribution in [0.3, 0.4) is 0 Å². The van der Waals surface area contributed by atoms with Crippen LogP contribution in [-0.4, -0.2) is 28.9 Å². The van der Waals surface area contributed by atoms with Gasteiger partial charge in [-0.25, -0.2) is 9.97 Å². The van der Waals surface area contributed by atoms with Gasteiger partial charge in [0.2, 0.25) is 5.95 Å². The Hall–Kier alpha value is -1.65. The molecule has 0 spiro atoms. The van der Waals surface area contributed by atoms with Gasteiger partial charge in [0.15, 0.2) is 0 Å². The van der Waals surface area contributed by atoms with E-state index in [1.54, 1.807) is 6.07 Å². The molecule has 5 heteroatoms. The first-order chi connectivity index (χ1) is 8.10. The Balaban J connectivity index is 2.24. The van der Waals surface area contributed by atoms with Crippen LogP contribution in [0.2, 0.25) is 0 Å². The summed E-state index contributed by atoms with van der Waals surface area (Å²) in [5, 5.41) is 7.45. The molecule has 0 amide bonds. The number of nitrogens with one attached hydrogen (secondary N) is 1. The summed E-state index contributed by atoms with van der Waals surface area (Å²) in [6.45, 7) is 5.90. The lowest BCUT2D eigenvalue weighted by Crippen LogP contribution is -2.28. The maximum atomic E-state index is 7.45. The summed E-state index contributed by atoms with van der Waals surface area (Å²) in [4.78, 5) is 10.9. The molecule has 0 unspecified atom stereocenters. The van der Waals surface area contributed by atoms with Crippen LogP contribution in [0.1, 0.15) is 31.2 Å². The lowest BCUT2D eigenvalue weighted by atomic mass is 10.3. The predicted molar refractivity (Wildman–Crippen MR) is 68.4 cm³/mol. The van der Waals surface area contributed by atoms with Crippen LogP contribution in [0.15, 0.2) is 6.07 Å². The smallest absolute Gasteiger partial charge is 0.226 e. The van der Waals surface area contributed by atoms with Crippen LogP contribution >= 0.6 is 0 Å². The SMILES string of the molecule is CCN(CC1CC1)c1nc(C)cc(C(=N)N)n1. The fourth-order valence-corrected chi connectivity index (χ4v) is 1.80. The van der Waals surface area contributed by atoms with Crippen molar-refractivity contribution in [1.29, 1.82) is 5.41 Å². The second-order valence-electron chi connectivity index (χ2n) is 4.59. The largest absolute Gasteiger partial charge is 0.382 e. The van der Waals surface area contributed by atoms with Crippen molar-refractivity contribution >= 4 is 11.8 Å². The van der Waals surface area contributed by atoms with E-state index in [-0.39, 0.29) is 5.84 Å². The fourth-order valence-electron chi connectivity index (χ4n) is 1.80. The summed E-state index contributed by atoms with van der Waals surface area (Å²) in [6, 6.07) is 1.75. The van der Waals surface area contributed by atoms with Gasteiger partial charge >= 0.3 is 0 Å². The molecule has 92 valence electrons. The molecule has 0 saturated heterocycles. The van der Waals surface area contributed by atoms with E-state index in [0.717, 1.165) is 24.7 Å². The minimum absolute atomic E-state index is 0.000718. The minimum Gasteiger partial charge on any atom is -0.382 e. The highest BCUT2D eigenvalue weighted by Gasteiger charge is 2.25. The number of nitrogen functional groups attached to an aromatic ring is 1. The standard InChI is InChI=1S/C12H19N5/c1-3-17(7-9-4-5-9)12-15-8(2)6-10(16-12)11(13)14/h6,9H,3-5,7H2,1-2H3,(H3,13,14). The zero-order chi connectivity index (χ0) is 12.4. The number of nitrogens with zero attached hydrogens (tertiary/aromatic N) is 3. The molecule has 1 aliphatic rings. The first-order valence-electron chi connectivity index (χ1n) is 6.05. The van der Waals surface area contributed by atoms with Gasteiger partial charge in [-0.3, -0.25) is 5.41 Å². The minimum atomic E-state index is -0.000718. The van der Waals surface area contributed by atoms with Crippen molar-refractivity contribution in [1.82, 2.24) is 9.97 Å². The summed E-state index contributed by atoms with van der Waals surface area (Å²) in [5.74, 6) is 1.49. The van der Waals surface area contributed by atoms with E-state index in [1.165, 1.54) is 12.8 Å². The number of aryl methyl sites for hydroxylation is 1. The monoisotopic (exact) mass is 233 g/mol. The topological polar surface area (TPSA) is 78.9 Å². The van der Waals surface area contributed by atoms with Crippen molar-refractivity contribution < 1.29 is 0 Å². The van der Waals surface area contributed by atoms with Gasteiger partial charge in [0.1, 0.15) is 11.5 Å². The number of hydrogen-bond acceptors (Lipinski definition) is 4. The summed E-state index contributed by atoms with van der Waals surface area (Å²) in [5.41, 5.74) is 6.85. The first kappa shape index (κ1) is 11.8. The highest BCUT2D eigenvalue weighted by molar-refractivity contribution is 5.93. The Morgan fingerprint density at radius 3 is 2.76 bits per heavy atom. The molecule has 3 N–H and O–H groups in total. The molecule has 0 aromatic carbocycles. The van der Waals surface area contributed by atoms with Crippen LogP contribution in [0.5, 0.6) is 0 Å². The van der Waals surface area contributed by atoms with Crippen molar-refractivity contribution in [3.8, 4) is 0 Å². The third-order valence-corrected chi connectivity index (χ3v) is 2.96.